The molecular weight excluding hydrogens is 378 g/mol. The van der Waals surface area contributed by atoms with E-state index in [1.165, 1.54) is 12.8 Å². The van der Waals surface area contributed by atoms with Gasteiger partial charge in [0.2, 0.25) is 0 Å². The largest absolute Gasteiger partial charge is 0.346 e. The van der Waals surface area contributed by atoms with Gasteiger partial charge in [0.25, 0.3) is 0 Å². The first kappa shape index (κ1) is 17.5. The van der Waals surface area contributed by atoms with Crippen LogP contribution in [-0.4, -0.2) is 53.7 Å². The maximum atomic E-state index is 4.95. The Hall–Kier alpha value is -3.33. The SMILES string of the molecule is C[C@H]1NCCN(c2ccnc(-c3cnc4cnc(C5CC5)cn34)n2)[C@H]1c1cn[nH]c1. The lowest BCUT2D eigenvalue weighted by atomic mass is 9.99. The summed E-state index contributed by atoms with van der Waals surface area (Å²) in [7, 11) is 0. The Labute approximate surface area is 173 Å². The van der Waals surface area contributed by atoms with Crippen molar-refractivity contribution in [2.75, 3.05) is 18.0 Å². The minimum absolute atomic E-state index is 0.146. The number of rotatable bonds is 4. The van der Waals surface area contributed by atoms with E-state index in [2.05, 4.69) is 52.9 Å². The number of nitrogens with zero attached hydrogens (tertiary/aromatic N) is 7. The number of piperazine rings is 1. The molecule has 0 unspecified atom stereocenters. The van der Waals surface area contributed by atoms with Crippen molar-refractivity contribution in [2.24, 2.45) is 0 Å². The maximum Gasteiger partial charge on any atom is 0.180 e. The summed E-state index contributed by atoms with van der Waals surface area (Å²) >= 11 is 0. The van der Waals surface area contributed by atoms with Gasteiger partial charge in [-0.1, -0.05) is 0 Å². The zero-order valence-corrected chi connectivity index (χ0v) is 16.7. The summed E-state index contributed by atoms with van der Waals surface area (Å²) in [4.78, 5) is 20.9. The summed E-state index contributed by atoms with van der Waals surface area (Å²) in [6.45, 7) is 3.96. The van der Waals surface area contributed by atoms with Crippen molar-refractivity contribution in [3.8, 4) is 11.5 Å². The molecule has 1 aliphatic carbocycles. The van der Waals surface area contributed by atoms with Crippen LogP contribution in [0.3, 0.4) is 0 Å². The van der Waals surface area contributed by atoms with Crippen LogP contribution < -0.4 is 10.2 Å². The Morgan fingerprint density at radius 1 is 1.10 bits per heavy atom. The van der Waals surface area contributed by atoms with Gasteiger partial charge in [0.1, 0.15) is 11.5 Å². The Morgan fingerprint density at radius 3 is 2.87 bits per heavy atom. The van der Waals surface area contributed by atoms with Gasteiger partial charge in [-0.3, -0.25) is 14.5 Å². The molecule has 2 N–H and O–H groups in total. The van der Waals surface area contributed by atoms with Gasteiger partial charge in [-0.05, 0) is 25.8 Å². The van der Waals surface area contributed by atoms with Gasteiger partial charge in [-0.2, -0.15) is 5.10 Å². The highest BCUT2D eigenvalue weighted by molar-refractivity contribution is 5.59. The van der Waals surface area contributed by atoms with Gasteiger partial charge < -0.3 is 10.2 Å². The van der Waals surface area contributed by atoms with Gasteiger partial charge in [0.15, 0.2) is 11.5 Å². The van der Waals surface area contributed by atoms with Crippen LogP contribution in [0.5, 0.6) is 0 Å². The molecule has 1 aliphatic heterocycles. The van der Waals surface area contributed by atoms with Crippen molar-refractivity contribution < 1.29 is 0 Å². The highest BCUT2D eigenvalue weighted by atomic mass is 15.3. The molecule has 4 aromatic heterocycles. The van der Waals surface area contributed by atoms with E-state index in [9.17, 15) is 0 Å². The minimum Gasteiger partial charge on any atom is -0.346 e. The van der Waals surface area contributed by atoms with E-state index in [1.807, 2.05) is 37.1 Å². The molecule has 2 fully saturated rings. The second kappa shape index (κ2) is 6.88. The van der Waals surface area contributed by atoms with Crippen molar-refractivity contribution in [3.63, 3.8) is 0 Å². The van der Waals surface area contributed by atoms with E-state index in [0.717, 1.165) is 41.5 Å². The zero-order valence-electron chi connectivity index (χ0n) is 16.7. The number of nitrogens with one attached hydrogen (secondary N) is 2. The molecule has 0 amide bonds. The summed E-state index contributed by atoms with van der Waals surface area (Å²) in [5.74, 6) is 2.16. The van der Waals surface area contributed by atoms with Gasteiger partial charge in [0.05, 0.1) is 30.3 Å². The number of aromatic amines is 1. The molecule has 0 radical (unpaired) electrons. The molecule has 1 saturated carbocycles. The van der Waals surface area contributed by atoms with Gasteiger partial charge in [-0.15, -0.1) is 0 Å². The first-order chi connectivity index (χ1) is 14.8. The molecule has 0 bridgehead atoms. The second-order valence-electron chi connectivity index (χ2n) is 8.11. The standard InChI is InChI=1S/C21H23N9/c1-13-20(15-8-26-27-9-15)29(7-6-22-13)18-4-5-23-21(28-18)17-10-25-19-11-24-16(12-30(17)19)14-2-3-14/h4-5,8-14,20,22H,2-3,6-7H2,1H3,(H,26,27)/t13-,20-/m1/s1. The summed E-state index contributed by atoms with van der Waals surface area (Å²) in [5, 5.41) is 10.6. The van der Waals surface area contributed by atoms with Gasteiger partial charge in [-0.25, -0.2) is 15.0 Å². The lowest BCUT2D eigenvalue weighted by Crippen LogP contribution is -2.51. The molecule has 152 valence electrons. The van der Waals surface area contributed by atoms with Crippen LogP contribution in [0.1, 0.15) is 43.0 Å². The molecule has 9 heteroatoms. The van der Waals surface area contributed by atoms with E-state index in [0.29, 0.717) is 11.7 Å². The highest BCUT2D eigenvalue weighted by Crippen LogP contribution is 2.39. The van der Waals surface area contributed by atoms with Crippen LogP contribution in [-0.2, 0) is 0 Å². The Kier molecular flexibility index (Phi) is 4.02. The number of hydrogen-bond donors (Lipinski definition) is 2. The fraction of sp³-hybridized carbons (Fsp3) is 0.381. The van der Waals surface area contributed by atoms with E-state index < -0.39 is 0 Å². The Balaban J connectivity index is 1.40. The third-order valence-corrected chi connectivity index (χ3v) is 6.07. The van der Waals surface area contributed by atoms with Crippen molar-refractivity contribution in [2.45, 2.75) is 37.8 Å². The lowest BCUT2D eigenvalue weighted by Gasteiger charge is -2.41. The average molecular weight is 401 g/mol. The summed E-state index contributed by atoms with van der Waals surface area (Å²) < 4.78 is 2.06. The molecule has 5 heterocycles. The monoisotopic (exact) mass is 401 g/mol. The number of fused-ring (bicyclic) bond motifs is 1. The van der Waals surface area contributed by atoms with Crippen molar-refractivity contribution in [1.29, 1.82) is 0 Å². The number of imidazole rings is 1. The predicted molar refractivity (Wildman–Crippen MR) is 112 cm³/mol. The zero-order chi connectivity index (χ0) is 20.1. The topological polar surface area (TPSA) is 99.9 Å². The summed E-state index contributed by atoms with van der Waals surface area (Å²) in [6, 6.07) is 2.40. The molecule has 4 aromatic rings. The van der Waals surface area contributed by atoms with Crippen LogP contribution in [0, 0.1) is 0 Å². The molecule has 0 aromatic carbocycles. The number of anilines is 1. The molecular formula is C21H23N9. The second-order valence-corrected chi connectivity index (χ2v) is 8.11. The third-order valence-electron chi connectivity index (χ3n) is 6.07. The molecule has 1 saturated heterocycles. The Morgan fingerprint density at radius 2 is 2.03 bits per heavy atom. The maximum absolute atomic E-state index is 4.95. The third kappa shape index (κ3) is 2.93. The summed E-state index contributed by atoms with van der Waals surface area (Å²) in [6.07, 6.45) is 13.9. The molecule has 2 atom stereocenters. The van der Waals surface area contributed by atoms with Crippen LogP contribution in [0.15, 0.2) is 43.2 Å². The molecule has 0 spiro atoms. The van der Waals surface area contributed by atoms with Gasteiger partial charge >= 0.3 is 0 Å². The highest BCUT2D eigenvalue weighted by Gasteiger charge is 2.31. The first-order valence-corrected chi connectivity index (χ1v) is 10.4. The van der Waals surface area contributed by atoms with E-state index in [-0.39, 0.29) is 12.1 Å². The van der Waals surface area contributed by atoms with E-state index in [4.69, 9.17) is 4.98 Å². The first-order valence-electron chi connectivity index (χ1n) is 10.4. The van der Waals surface area contributed by atoms with E-state index >= 15 is 0 Å². The normalized spacial score (nSPS) is 22.0. The quantitative estimate of drug-likeness (QED) is 0.541. The molecule has 2 aliphatic rings. The minimum atomic E-state index is 0.146. The van der Waals surface area contributed by atoms with E-state index in [1.54, 1.807) is 0 Å². The Bertz CT molecular complexity index is 1180. The fourth-order valence-electron chi connectivity index (χ4n) is 4.37. The van der Waals surface area contributed by atoms with Crippen molar-refractivity contribution in [3.05, 3.63) is 54.5 Å². The average Bonchev–Trinajstić information content (AvgIpc) is 3.32. The van der Waals surface area contributed by atoms with Crippen LogP contribution in [0.25, 0.3) is 17.2 Å². The number of aromatic nitrogens is 7. The predicted octanol–water partition coefficient (Wildman–Crippen LogP) is 2.33. The van der Waals surface area contributed by atoms with Crippen LogP contribution in [0.2, 0.25) is 0 Å². The lowest BCUT2D eigenvalue weighted by molar-refractivity contribution is 0.391. The number of H-pyrrole nitrogens is 1. The molecule has 9 nitrogen and oxygen atoms in total. The number of hydrogen-bond acceptors (Lipinski definition) is 7. The van der Waals surface area contributed by atoms with Crippen molar-refractivity contribution >= 4 is 11.5 Å². The molecule has 6 rings (SSSR count). The van der Waals surface area contributed by atoms with Crippen LogP contribution >= 0.6 is 0 Å². The van der Waals surface area contributed by atoms with Gasteiger partial charge in [0, 0.05) is 49.2 Å². The van der Waals surface area contributed by atoms with Crippen LogP contribution in [0.4, 0.5) is 5.82 Å². The molecule has 30 heavy (non-hydrogen) atoms. The summed E-state index contributed by atoms with van der Waals surface area (Å²) in [5.41, 5.74) is 3.97. The fourth-order valence-corrected chi connectivity index (χ4v) is 4.37. The smallest absolute Gasteiger partial charge is 0.180 e. The van der Waals surface area contributed by atoms with Crippen molar-refractivity contribution in [1.82, 2.24) is 39.9 Å².